The summed E-state index contributed by atoms with van der Waals surface area (Å²) in [7, 11) is 4.10. The predicted octanol–water partition coefficient (Wildman–Crippen LogP) is 2.95. The highest BCUT2D eigenvalue weighted by atomic mass is 32.2. The van der Waals surface area contributed by atoms with E-state index in [9.17, 15) is 56.0 Å². The molecule has 1 aromatic heterocycles. The molecule has 28 nitrogen and oxygen atoms in total. The lowest BCUT2D eigenvalue weighted by molar-refractivity contribution is -0.157. The lowest BCUT2D eigenvalue weighted by atomic mass is 9.91. The minimum atomic E-state index is -5.18. The number of aliphatic hydroxyl groups excluding tert-OH is 1. The summed E-state index contributed by atoms with van der Waals surface area (Å²) in [5.74, 6) is -15.6. The van der Waals surface area contributed by atoms with E-state index in [0.29, 0.717) is 0 Å². The maximum atomic E-state index is 15.4. The second-order valence-electron chi connectivity index (χ2n) is 28.5. The van der Waals surface area contributed by atoms with Crippen molar-refractivity contribution in [3.8, 4) is 0 Å². The van der Waals surface area contributed by atoms with Gasteiger partial charge in [0.2, 0.25) is 65.0 Å². The van der Waals surface area contributed by atoms with Crippen molar-refractivity contribution in [1.29, 1.82) is 0 Å². The first kappa shape index (κ1) is 83.8. The summed E-state index contributed by atoms with van der Waals surface area (Å²) in [4.78, 5) is 175. The Morgan fingerprint density at radius 3 is 1.45 bits per heavy atom. The number of carbonyl (C=O) groups excluding carboxylic acids is 11. The van der Waals surface area contributed by atoms with Gasteiger partial charge in [0.05, 0.1) is 12.6 Å². The van der Waals surface area contributed by atoms with Crippen molar-refractivity contribution in [2.45, 2.75) is 221 Å². The second kappa shape index (κ2) is 35.4. The third-order valence-electron chi connectivity index (χ3n) is 17.8. The van der Waals surface area contributed by atoms with E-state index >= 15 is 23.6 Å². The lowest BCUT2D eigenvalue weighted by Crippen LogP contribution is -2.63. The highest BCUT2D eigenvalue weighted by molar-refractivity contribution is 7.86. The molecular formula is C66H109F2N13O15S. The van der Waals surface area contributed by atoms with E-state index in [1.807, 2.05) is 41.5 Å². The Kier molecular flexibility index (Phi) is 30.6. The fraction of sp³-hybridized carbons (Fsp3) is 0.727. The number of carbonyl (C=O) groups is 11. The summed E-state index contributed by atoms with van der Waals surface area (Å²) in [5.41, 5.74) is -1.44. The molecule has 31 heteroatoms. The van der Waals surface area contributed by atoms with Crippen LogP contribution in [0, 0.1) is 53.1 Å². The summed E-state index contributed by atoms with van der Waals surface area (Å²) < 4.78 is 64.5. The predicted molar refractivity (Wildman–Crippen MR) is 359 cm³/mol. The summed E-state index contributed by atoms with van der Waals surface area (Å²) in [6.07, 6.45) is -2.28. The van der Waals surface area contributed by atoms with E-state index in [2.05, 4.69) is 31.2 Å². The van der Waals surface area contributed by atoms with Crippen LogP contribution in [0.1, 0.15) is 149 Å². The Balaban J connectivity index is 2.37. The third-order valence-corrected chi connectivity index (χ3v) is 18.7. The van der Waals surface area contributed by atoms with Crippen molar-refractivity contribution in [2.24, 2.45) is 41.4 Å². The summed E-state index contributed by atoms with van der Waals surface area (Å²) in [5, 5.41) is 23.3. The summed E-state index contributed by atoms with van der Waals surface area (Å²) in [6.45, 7) is 26.2. The molecule has 7 N–H and O–H groups in total. The molecule has 1 aliphatic rings. The van der Waals surface area contributed by atoms with E-state index in [1.54, 1.807) is 41.5 Å². The molecule has 0 spiro atoms. The van der Waals surface area contributed by atoms with Crippen molar-refractivity contribution in [3.05, 3.63) is 23.5 Å². The summed E-state index contributed by atoms with van der Waals surface area (Å²) >= 11 is 0. The largest absolute Gasteiger partial charge is 0.390 e. The van der Waals surface area contributed by atoms with Gasteiger partial charge >= 0.3 is 0 Å². The number of hydrogen-bond acceptors (Lipinski definition) is 15. The Bertz CT molecular complexity index is 3290. The van der Waals surface area contributed by atoms with Crippen LogP contribution in [0.3, 0.4) is 0 Å². The van der Waals surface area contributed by atoms with Crippen LogP contribution >= 0.6 is 0 Å². The molecule has 0 saturated carbocycles. The molecule has 0 bridgehead atoms. The number of imidazole rings is 1. The Labute approximate surface area is 570 Å². The Morgan fingerprint density at radius 2 is 0.979 bits per heavy atom. The van der Waals surface area contributed by atoms with Gasteiger partial charge in [-0.1, -0.05) is 96.9 Å². The normalized spacial score (nSPS) is 25.2. The van der Waals surface area contributed by atoms with Crippen molar-refractivity contribution in [3.63, 3.8) is 0 Å². The van der Waals surface area contributed by atoms with Gasteiger partial charge in [0.1, 0.15) is 82.2 Å². The molecule has 1 aromatic carbocycles. The van der Waals surface area contributed by atoms with E-state index < -0.39 is 200 Å². The zero-order chi connectivity index (χ0) is 74.6. The zero-order valence-corrected chi connectivity index (χ0v) is 61.7. The van der Waals surface area contributed by atoms with Crippen LogP contribution < -0.4 is 21.3 Å². The lowest BCUT2D eigenvalue weighted by Gasteiger charge is -2.41. The smallest absolute Gasteiger partial charge is 0.296 e. The number of aliphatic hydroxyl groups is 1. The molecule has 2 heterocycles. The van der Waals surface area contributed by atoms with Crippen LogP contribution in [0.5, 0.6) is 0 Å². The van der Waals surface area contributed by atoms with Gasteiger partial charge in [0.25, 0.3) is 10.1 Å². The molecule has 0 unspecified atom stereocenters. The van der Waals surface area contributed by atoms with Gasteiger partial charge in [-0.3, -0.25) is 57.3 Å². The highest BCUT2D eigenvalue weighted by Gasteiger charge is 2.46. The minimum Gasteiger partial charge on any atom is -0.390 e. The molecule has 2 aromatic rings. The number of fused-ring (bicyclic) bond motifs is 1. The molecular weight excluding hydrogens is 1280 g/mol. The van der Waals surface area contributed by atoms with Gasteiger partial charge in [-0.15, -0.1) is 0 Å². The molecule has 548 valence electrons. The van der Waals surface area contributed by atoms with Crippen molar-refractivity contribution < 1.29 is 79.6 Å². The molecule has 1 aliphatic heterocycles. The maximum absolute atomic E-state index is 15.4. The fourth-order valence-corrected chi connectivity index (χ4v) is 12.7. The molecule has 1 fully saturated rings. The number of nitrogens with one attached hydrogen (secondary N) is 5. The van der Waals surface area contributed by atoms with E-state index in [-0.39, 0.29) is 67.7 Å². The van der Waals surface area contributed by atoms with Gasteiger partial charge in [-0.25, -0.2) is 13.8 Å². The monoisotopic (exact) mass is 1390 g/mol. The van der Waals surface area contributed by atoms with Gasteiger partial charge in [0.15, 0.2) is 11.6 Å². The Hall–Kier alpha value is -7.41. The highest BCUT2D eigenvalue weighted by Crippen LogP contribution is 2.30. The van der Waals surface area contributed by atoms with E-state index in [1.165, 1.54) is 91.7 Å². The average molecular weight is 1390 g/mol. The average Bonchev–Trinajstić information content (AvgIpc) is 1.60. The number of H-pyrrole nitrogens is 1. The molecule has 12 atom stereocenters. The molecule has 0 aliphatic carbocycles. The number of rotatable bonds is 16. The van der Waals surface area contributed by atoms with Crippen LogP contribution in [0.15, 0.2) is 11.0 Å². The number of nitrogens with zero attached hydrogens (tertiary/aromatic N) is 8. The van der Waals surface area contributed by atoms with Gasteiger partial charge in [0, 0.05) is 61.8 Å². The van der Waals surface area contributed by atoms with Gasteiger partial charge < -0.3 is 65.7 Å². The molecule has 1 saturated heterocycles. The first-order valence-corrected chi connectivity index (χ1v) is 34.7. The molecule has 11 amide bonds. The number of likely N-dealkylation sites (N-methyl/N-ethyl adjacent to an activating group) is 7. The number of amides is 11. The Morgan fingerprint density at radius 1 is 0.536 bits per heavy atom. The van der Waals surface area contributed by atoms with Gasteiger partial charge in [-0.05, 0) is 87.4 Å². The number of aromatic nitrogens is 2. The fourth-order valence-electron chi connectivity index (χ4n) is 12.0. The van der Waals surface area contributed by atoms with Crippen LogP contribution in [-0.2, 0) is 69.3 Å². The van der Waals surface area contributed by atoms with Crippen LogP contribution in [0.4, 0.5) is 8.78 Å². The molecule has 97 heavy (non-hydrogen) atoms. The van der Waals surface area contributed by atoms with Crippen molar-refractivity contribution in [2.75, 3.05) is 55.9 Å². The number of aromatic amines is 1. The second-order valence-corrected chi connectivity index (χ2v) is 29.9. The van der Waals surface area contributed by atoms with Gasteiger partial charge in [-0.2, -0.15) is 8.42 Å². The van der Waals surface area contributed by atoms with E-state index in [4.69, 9.17) is 0 Å². The number of hydrogen-bond donors (Lipinski definition) is 7. The minimum absolute atomic E-state index is 0.0320. The maximum Gasteiger partial charge on any atom is 0.296 e. The number of benzene rings is 1. The van der Waals surface area contributed by atoms with E-state index in [0.717, 1.165) is 19.6 Å². The van der Waals surface area contributed by atoms with Crippen LogP contribution in [0.2, 0.25) is 0 Å². The molecule has 0 radical (unpaired) electrons. The quantitative estimate of drug-likeness (QED) is 0.119. The van der Waals surface area contributed by atoms with Crippen LogP contribution in [0.25, 0.3) is 11.0 Å². The van der Waals surface area contributed by atoms with Crippen LogP contribution in [-0.4, -0.2) is 250 Å². The topological polar surface area (TPSA) is 362 Å². The zero-order valence-electron chi connectivity index (χ0n) is 60.9. The third kappa shape index (κ3) is 21.3. The SMILES string of the molecule is CC[C@@H]1NC(=O)[C@H]([C@H](O)[C@H](C)Cc2nc3c(S(=O)(=O)O)cc(F)c(F)c3[nH]2)N(C)C(=O)[C@H](C(C)C)N(C)C(=O)[C@H](CC(C)C)N(C)C(=O)[C@H](CC(C)C)N(C)C(=O)[C@@H](C)NC(=O)[C@H](C)NC(=O)[C@H](CC(C)C)N(C)C(=O)[C@H](C(C)C)NC(=O)[C@H](CC(C)C)N(C)C(=O)CN(C)C1=O. The van der Waals surface area contributed by atoms with Crippen molar-refractivity contribution >= 4 is 86.1 Å². The summed E-state index contributed by atoms with van der Waals surface area (Å²) in [6, 6.07) is -13.5. The standard InChI is InChI=1S/C66H109F2N13O15S/c1-24-42-62(89)75(17)31-49(82)76(18)43(25-32(2)3)59(86)74-51(36(10)11)65(92)77(19)44(26-33(4)5)58(85)69-39(15)57(84)70-40(16)61(88)78(20)45(27-34(6)7)63(90)79(21)46(28-35(8)9)64(91)80(22)54(37(12)13)66(93)81(23)55(60(87)71-42)56(83)38(14)29-48-72-52-47(97(94,95)96)30-41(67)50(68)53(52)73-48/h30,32-40,42-46,51,54-56,83H,24-29,31H2,1-23H3,(H,69,85)(H,70,84)(H,71,87)(H,72,73)(H,74,86)(H,94,95,96)/t38-,39+,40-,42+,43+,44+,45+,46+,51+,54+,55+,56-/m1/s1. The first-order valence-electron chi connectivity index (χ1n) is 33.2. The number of halogens is 2. The molecule has 3 rings (SSSR count). The van der Waals surface area contributed by atoms with Crippen molar-refractivity contribution in [1.82, 2.24) is 65.5 Å². The first-order chi connectivity index (χ1) is 44.6.